The number of hydrogen-bond donors (Lipinski definition) is 0. The fourth-order valence-corrected chi connectivity index (χ4v) is 3.06. The van der Waals surface area contributed by atoms with Gasteiger partial charge in [-0.25, -0.2) is 0 Å². The molecular formula is C17H18BrN3O. The molecule has 0 radical (unpaired) electrons. The molecule has 0 saturated carbocycles. The van der Waals surface area contributed by atoms with Crippen LogP contribution in [0.25, 0.3) is 11.3 Å². The molecule has 1 aromatic carbocycles. The summed E-state index contributed by atoms with van der Waals surface area (Å²) in [4.78, 5) is 5.03. The fraction of sp³-hybridized carbons (Fsp3) is 0.353. The van der Waals surface area contributed by atoms with Crippen molar-refractivity contribution in [1.29, 1.82) is 0 Å². The van der Waals surface area contributed by atoms with Crippen LogP contribution in [0.2, 0.25) is 0 Å². The van der Waals surface area contributed by atoms with Crippen molar-refractivity contribution in [2.24, 2.45) is 11.1 Å². The predicted octanol–water partition coefficient (Wildman–Crippen LogP) is 4.23. The van der Waals surface area contributed by atoms with E-state index in [1.165, 1.54) is 0 Å². The van der Waals surface area contributed by atoms with Gasteiger partial charge in [-0.3, -0.25) is 0 Å². The van der Waals surface area contributed by atoms with Crippen molar-refractivity contribution in [3.63, 3.8) is 0 Å². The summed E-state index contributed by atoms with van der Waals surface area (Å²) in [5, 5.41) is 13.1. The van der Waals surface area contributed by atoms with Gasteiger partial charge in [0.25, 0.3) is 0 Å². The topological polar surface area (TPSA) is 47.4 Å². The van der Waals surface area contributed by atoms with Gasteiger partial charge in [0.1, 0.15) is 7.11 Å². The van der Waals surface area contributed by atoms with Crippen molar-refractivity contribution in [3.05, 3.63) is 46.1 Å². The Balaban J connectivity index is 2.03. The molecule has 22 heavy (non-hydrogen) atoms. The molecule has 1 heterocycles. The lowest BCUT2D eigenvalue weighted by molar-refractivity contribution is 0.211. The first kappa shape index (κ1) is 15.2. The van der Waals surface area contributed by atoms with Crippen LogP contribution in [0.4, 0.5) is 0 Å². The van der Waals surface area contributed by atoms with Gasteiger partial charge in [0, 0.05) is 15.6 Å². The van der Waals surface area contributed by atoms with E-state index in [-0.39, 0.29) is 0 Å². The van der Waals surface area contributed by atoms with Crippen molar-refractivity contribution >= 4 is 21.6 Å². The van der Waals surface area contributed by atoms with Crippen molar-refractivity contribution in [1.82, 2.24) is 10.2 Å². The molecule has 1 unspecified atom stereocenters. The van der Waals surface area contributed by atoms with E-state index in [2.05, 4.69) is 44.3 Å². The van der Waals surface area contributed by atoms with Gasteiger partial charge in [-0.15, -0.1) is 0 Å². The standard InChI is InChI=1S/C17H18BrN3O/c1-3-11-8-16-14(17(9-11)21-22-2)10-15(19-20-16)12-4-6-13(18)7-5-12/h4-7,10-11H,3,8-9H2,1-2H3. The summed E-state index contributed by atoms with van der Waals surface area (Å²) >= 11 is 3.45. The van der Waals surface area contributed by atoms with E-state index >= 15 is 0 Å². The Kier molecular flexibility index (Phi) is 4.52. The first-order valence-corrected chi connectivity index (χ1v) is 8.23. The van der Waals surface area contributed by atoms with Gasteiger partial charge in [0.2, 0.25) is 0 Å². The van der Waals surface area contributed by atoms with Gasteiger partial charge in [0.05, 0.1) is 17.1 Å². The lowest BCUT2D eigenvalue weighted by Crippen LogP contribution is -2.22. The minimum atomic E-state index is 0.564. The third-order valence-electron chi connectivity index (χ3n) is 4.06. The maximum atomic E-state index is 5.03. The molecule has 0 N–H and O–H groups in total. The molecule has 1 aliphatic carbocycles. The molecule has 1 aliphatic rings. The molecule has 114 valence electrons. The number of aromatic nitrogens is 2. The van der Waals surface area contributed by atoms with Crippen LogP contribution in [0.3, 0.4) is 0 Å². The fourth-order valence-electron chi connectivity index (χ4n) is 2.79. The summed E-state index contributed by atoms with van der Waals surface area (Å²) in [7, 11) is 1.59. The Labute approximate surface area is 138 Å². The Morgan fingerprint density at radius 2 is 2.00 bits per heavy atom. The number of nitrogens with zero attached hydrogens (tertiary/aromatic N) is 3. The zero-order valence-electron chi connectivity index (χ0n) is 12.7. The van der Waals surface area contributed by atoms with E-state index < -0.39 is 0 Å². The highest BCUT2D eigenvalue weighted by atomic mass is 79.9. The van der Waals surface area contributed by atoms with Gasteiger partial charge in [-0.2, -0.15) is 10.2 Å². The number of hydrogen-bond acceptors (Lipinski definition) is 4. The summed E-state index contributed by atoms with van der Waals surface area (Å²) in [6.07, 6.45) is 3.00. The van der Waals surface area contributed by atoms with Crippen LogP contribution in [-0.2, 0) is 11.3 Å². The molecule has 3 rings (SSSR count). The SMILES string of the molecule is CCC1CC(=NOC)c2cc(-c3ccc(Br)cc3)nnc2C1. The van der Waals surface area contributed by atoms with Crippen LogP contribution in [0.1, 0.15) is 31.0 Å². The van der Waals surface area contributed by atoms with Gasteiger partial charge in [-0.05, 0) is 37.0 Å². The number of rotatable bonds is 3. The molecule has 5 heteroatoms. The molecule has 2 aromatic rings. The molecule has 0 amide bonds. The van der Waals surface area contributed by atoms with Crippen molar-refractivity contribution in [3.8, 4) is 11.3 Å². The zero-order valence-corrected chi connectivity index (χ0v) is 14.3. The summed E-state index contributed by atoms with van der Waals surface area (Å²) in [5.41, 5.74) is 4.98. The molecule has 0 bridgehead atoms. The smallest absolute Gasteiger partial charge is 0.106 e. The van der Waals surface area contributed by atoms with E-state index in [1.807, 2.05) is 24.3 Å². The molecule has 0 fully saturated rings. The minimum Gasteiger partial charge on any atom is -0.399 e. The molecule has 0 spiro atoms. The number of benzene rings is 1. The van der Waals surface area contributed by atoms with Crippen LogP contribution in [0.15, 0.2) is 40.0 Å². The normalized spacial score (nSPS) is 19.0. The van der Waals surface area contributed by atoms with Gasteiger partial charge < -0.3 is 4.84 Å². The van der Waals surface area contributed by atoms with Crippen LogP contribution >= 0.6 is 15.9 Å². The Hall–Kier alpha value is -1.75. The van der Waals surface area contributed by atoms with E-state index in [4.69, 9.17) is 4.84 Å². The highest BCUT2D eigenvalue weighted by Gasteiger charge is 2.25. The number of fused-ring (bicyclic) bond motifs is 1. The Bertz CT molecular complexity index is 698. The van der Waals surface area contributed by atoms with Gasteiger partial charge >= 0.3 is 0 Å². The number of oxime groups is 1. The minimum absolute atomic E-state index is 0.564. The third kappa shape index (κ3) is 3.04. The first-order chi connectivity index (χ1) is 10.7. The van der Waals surface area contributed by atoms with Crippen LogP contribution in [0, 0.1) is 5.92 Å². The summed E-state index contributed by atoms with van der Waals surface area (Å²) < 4.78 is 1.05. The average Bonchev–Trinajstić information content (AvgIpc) is 2.55. The second kappa shape index (κ2) is 6.57. The van der Waals surface area contributed by atoms with E-state index in [1.54, 1.807) is 7.11 Å². The Morgan fingerprint density at radius 3 is 2.68 bits per heavy atom. The largest absolute Gasteiger partial charge is 0.399 e. The lowest BCUT2D eigenvalue weighted by Gasteiger charge is -2.23. The van der Waals surface area contributed by atoms with Crippen LogP contribution < -0.4 is 0 Å². The monoisotopic (exact) mass is 359 g/mol. The molecule has 1 atom stereocenters. The average molecular weight is 360 g/mol. The van der Waals surface area contributed by atoms with Crippen LogP contribution in [-0.4, -0.2) is 23.0 Å². The van der Waals surface area contributed by atoms with Crippen LogP contribution in [0.5, 0.6) is 0 Å². The summed E-state index contributed by atoms with van der Waals surface area (Å²) in [5.74, 6) is 0.564. The highest BCUT2D eigenvalue weighted by Crippen LogP contribution is 2.29. The van der Waals surface area contributed by atoms with E-state index in [9.17, 15) is 0 Å². The zero-order chi connectivity index (χ0) is 15.5. The maximum Gasteiger partial charge on any atom is 0.106 e. The van der Waals surface area contributed by atoms with Gasteiger partial charge in [0.15, 0.2) is 0 Å². The van der Waals surface area contributed by atoms with E-state index in [0.717, 1.165) is 52.0 Å². The molecule has 4 nitrogen and oxygen atoms in total. The third-order valence-corrected chi connectivity index (χ3v) is 4.59. The quantitative estimate of drug-likeness (QED) is 0.770. The molecule has 0 saturated heterocycles. The van der Waals surface area contributed by atoms with Gasteiger partial charge in [-0.1, -0.05) is 46.6 Å². The van der Waals surface area contributed by atoms with Crippen molar-refractivity contribution < 1.29 is 4.84 Å². The molecular weight excluding hydrogens is 342 g/mol. The van der Waals surface area contributed by atoms with Crippen molar-refractivity contribution in [2.75, 3.05) is 7.11 Å². The maximum absolute atomic E-state index is 5.03. The second-order valence-corrected chi connectivity index (χ2v) is 6.42. The second-order valence-electron chi connectivity index (χ2n) is 5.50. The molecule has 0 aliphatic heterocycles. The lowest BCUT2D eigenvalue weighted by atomic mass is 9.84. The number of halogens is 1. The summed E-state index contributed by atoms with van der Waals surface area (Å²) in [6.45, 7) is 2.20. The summed E-state index contributed by atoms with van der Waals surface area (Å²) in [6, 6.07) is 10.2. The predicted molar refractivity (Wildman–Crippen MR) is 90.8 cm³/mol. The van der Waals surface area contributed by atoms with Crippen molar-refractivity contribution in [2.45, 2.75) is 26.2 Å². The van der Waals surface area contributed by atoms with E-state index in [0.29, 0.717) is 5.92 Å². The first-order valence-electron chi connectivity index (χ1n) is 7.44. The highest BCUT2D eigenvalue weighted by molar-refractivity contribution is 9.10. The molecule has 1 aromatic heterocycles. The Morgan fingerprint density at radius 1 is 1.23 bits per heavy atom.